The van der Waals surface area contributed by atoms with Crippen LogP contribution in [0.5, 0.6) is 0 Å². The number of para-hydroxylation sites is 1. The van der Waals surface area contributed by atoms with Crippen molar-refractivity contribution in [3.63, 3.8) is 0 Å². The maximum absolute atomic E-state index is 2.60. The van der Waals surface area contributed by atoms with E-state index in [1.165, 1.54) is 42.6 Å². The number of hydrogen-bond acceptors (Lipinski definition) is 2. The minimum absolute atomic E-state index is 0.193. The first-order chi connectivity index (χ1) is 10.8. The van der Waals surface area contributed by atoms with Gasteiger partial charge in [0, 0.05) is 35.5 Å². The zero-order valence-electron chi connectivity index (χ0n) is 15.7. The van der Waals surface area contributed by atoms with E-state index in [4.69, 9.17) is 0 Å². The monoisotopic (exact) mass is 312 g/mol. The third kappa shape index (κ3) is 2.77. The van der Waals surface area contributed by atoms with Crippen molar-refractivity contribution in [2.45, 2.75) is 66.5 Å². The smallest absolute Gasteiger partial charge is 0.110 e. The summed E-state index contributed by atoms with van der Waals surface area (Å²) in [7, 11) is 2.31. The van der Waals surface area contributed by atoms with Crippen LogP contribution in [0.1, 0.15) is 58.9 Å². The second-order valence-corrected chi connectivity index (χ2v) is 8.46. The molecular weight excluding hydrogens is 280 g/mol. The van der Waals surface area contributed by atoms with Crippen LogP contribution in [-0.2, 0) is 0 Å². The summed E-state index contributed by atoms with van der Waals surface area (Å²) < 4.78 is 0. The highest BCUT2D eigenvalue weighted by Gasteiger charge is 2.44. The minimum atomic E-state index is 0.193. The fourth-order valence-corrected chi connectivity index (χ4v) is 4.76. The van der Waals surface area contributed by atoms with Gasteiger partial charge in [0.25, 0.3) is 0 Å². The van der Waals surface area contributed by atoms with Gasteiger partial charge >= 0.3 is 0 Å². The van der Waals surface area contributed by atoms with Crippen LogP contribution in [0.15, 0.2) is 35.7 Å². The molecule has 1 fully saturated rings. The van der Waals surface area contributed by atoms with Crippen molar-refractivity contribution in [2.75, 3.05) is 11.9 Å². The normalized spacial score (nSPS) is 23.3. The van der Waals surface area contributed by atoms with Gasteiger partial charge in [0.2, 0.25) is 0 Å². The lowest BCUT2D eigenvalue weighted by Crippen LogP contribution is -2.48. The maximum atomic E-state index is 2.60. The quantitative estimate of drug-likeness (QED) is 0.707. The van der Waals surface area contributed by atoms with Crippen LogP contribution < -0.4 is 4.90 Å². The van der Waals surface area contributed by atoms with Gasteiger partial charge in [-0.2, -0.15) is 0 Å². The first-order valence-electron chi connectivity index (χ1n) is 9.11. The molecule has 3 rings (SSSR count). The van der Waals surface area contributed by atoms with Gasteiger partial charge in [-0.25, -0.2) is 0 Å². The Bertz CT molecular complexity index is 603. The summed E-state index contributed by atoms with van der Waals surface area (Å²) >= 11 is 0. The van der Waals surface area contributed by atoms with E-state index in [0.29, 0.717) is 6.17 Å². The molecule has 1 aliphatic heterocycles. The Morgan fingerprint density at radius 2 is 1.61 bits per heavy atom. The topological polar surface area (TPSA) is 6.48 Å². The van der Waals surface area contributed by atoms with Gasteiger partial charge in [-0.3, -0.25) is 0 Å². The zero-order valence-corrected chi connectivity index (χ0v) is 15.7. The van der Waals surface area contributed by atoms with Crippen molar-refractivity contribution < 1.29 is 0 Å². The molecule has 0 N–H and O–H groups in total. The minimum Gasteiger partial charge on any atom is -0.355 e. The lowest BCUT2D eigenvalue weighted by atomic mass is 9.90. The molecular formula is C21H32N2. The van der Waals surface area contributed by atoms with E-state index in [2.05, 4.69) is 75.7 Å². The Hall–Kier alpha value is -1.44. The van der Waals surface area contributed by atoms with Crippen LogP contribution >= 0.6 is 0 Å². The van der Waals surface area contributed by atoms with Crippen molar-refractivity contribution in [2.24, 2.45) is 11.3 Å². The van der Waals surface area contributed by atoms with Crippen LogP contribution in [0.25, 0.3) is 0 Å². The Morgan fingerprint density at radius 1 is 1.00 bits per heavy atom. The van der Waals surface area contributed by atoms with E-state index in [-0.39, 0.29) is 5.41 Å². The number of nitrogens with zero attached hydrogens (tertiary/aromatic N) is 2. The Kier molecular flexibility index (Phi) is 4.20. The predicted molar refractivity (Wildman–Crippen MR) is 99.3 cm³/mol. The maximum Gasteiger partial charge on any atom is 0.110 e. The average Bonchev–Trinajstić information content (AvgIpc) is 3.05. The average molecular weight is 313 g/mol. The highest BCUT2D eigenvalue weighted by Crippen LogP contribution is 2.46. The molecule has 126 valence electrons. The zero-order chi connectivity index (χ0) is 16.8. The molecule has 1 atom stereocenters. The van der Waals surface area contributed by atoms with Gasteiger partial charge in [0.1, 0.15) is 6.17 Å². The molecule has 2 nitrogen and oxygen atoms in total. The molecule has 0 aromatic heterocycles. The summed E-state index contributed by atoms with van der Waals surface area (Å²) in [5.74, 6) is 0.749. The number of rotatable bonds is 2. The van der Waals surface area contributed by atoms with E-state index < -0.39 is 0 Å². The number of aryl methyl sites for hydroxylation is 1. The van der Waals surface area contributed by atoms with Gasteiger partial charge in [0.05, 0.1) is 0 Å². The number of benzene rings is 1. The first kappa shape index (κ1) is 16.4. The molecule has 0 radical (unpaired) electrons. The first-order valence-corrected chi connectivity index (χ1v) is 9.11. The second kappa shape index (κ2) is 5.89. The molecule has 1 unspecified atom stereocenters. The van der Waals surface area contributed by atoms with E-state index in [9.17, 15) is 0 Å². The van der Waals surface area contributed by atoms with E-state index >= 15 is 0 Å². The largest absolute Gasteiger partial charge is 0.355 e. The summed E-state index contributed by atoms with van der Waals surface area (Å²) in [5, 5.41) is 0. The van der Waals surface area contributed by atoms with Gasteiger partial charge < -0.3 is 9.80 Å². The summed E-state index contributed by atoms with van der Waals surface area (Å²) in [4.78, 5) is 5.18. The van der Waals surface area contributed by atoms with Crippen LogP contribution in [0.2, 0.25) is 0 Å². The highest BCUT2D eigenvalue weighted by molar-refractivity contribution is 5.61. The van der Waals surface area contributed by atoms with Crippen molar-refractivity contribution >= 4 is 5.69 Å². The summed E-state index contributed by atoms with van der Waals surface area (Å²) in [5.41, 5.74) is 5.98. The molecule has 1 aromatic rings. The van der Waals surface area contributed by atoms with Crippen molar-refractivity contribution in [3.8, 4) is 0 Å². The fourth-order valence-electron chi connectivity index (χ4n) is 4.76. The lowest BCUT2D eigenvalue weighted by molar-refractivity contribution is 0.168. The molecule has 1 saturated carbocycles. The number of allylic oxidation sites excluding steroid dienone is 2. The molecule has 0 spiro atoms. The summed E-state index contributed by atoms with van der Waals surface area (Å²) in [6.07, 6.45) is 5.88. The molecule has 0 bridgehead atoms. The van der Waals surface area contributed by atoms with Crippen LogP contribution in [-0.4, -0.2) is 18.1 Å². The molecule has 2 aliphatic rings. The SMILES string of the molecule is CC1=C(C2CCCC2)N(C)C(C(C)(C)C)N1c1ccccc1C. The third-order valence-corrected chi connectivity index (χ3v) is 5.61. The third-order valence-electron chi connectivity index (χ3n) is 5.61. The molecule has 0 saturated heterocycles. The van der Waals surface area contributed by atoms with E-state index in [1.54, 1.807) is 5.70 Å². The molecule has 0 amide bonds. The number of hydrogen-bond donors (Lipinski definition) is 0. The Morgan fingerprint density at radius 3 is 2.17 bits per heavy atom. The van der Waals surface area contributed by atoms with Crippen LogP contribution in [0.4, 0.5) is 5.69 Å². The predicted octanol–water partition coefficient (Wildman–Crippen LogP) is 5.54. The number of anilines is 1. The molecule has 2 heteroatoms. The fraction of sp³-hybridized carbons (Fsp3) is 0.619. The van der Waals surface area contributed by atoms with Crippen molar-refractivity contribution in [1.82, 2.24) is 4.90 Å². The molecule has 1 aromatic carbocycles. The molecule has 1 aliphatic carbocycles. The standard InChI is InChI=1S/C21H32N2/c1-15-11-7-10-14-18(15)23-16(2)19(17-12-8-9-13-17)22(6)20(23)21(3,4)5/h7,10-11,14,17,20H,8-9,12-13H2,1-6H3. The highest BCUT2D eigenvalue weighted by atomic mass is 15.4. The molecule has 23 heavy (non-hydrogen) atoms. The van der Waals surface area contributed by atoms with Crippen LogP contribution in [0, 0.1) is 18.3 Å². The Labute approximate surface area is 142 Å². The van der Waals surface area contributed by atoms with E-state index in [0.717, 1.165) is 5.92 Å². The Balaban J connectivity index is 2.10. The molecule has 1 heterocycles. The summed E-state index contributed by atoms with van der Waals surface area (Å²) in [6, 6.07) is 8.82. The van der Waals surface area contributed by atoms with Gasteiger partial charge in [-0.1, -0.05) is 51.8 Å². The van der Waals surface area contributed by atoms with Crippen molar-refractivity contribution in [3.05, 3.63) is 41.2 Å². The lowest BCUT2D eigenvalue weighted by Gasteiger charge is -2.42. The van der Waals surface area contributed by atoms with E-state index in [1.807, 2.05) is 0 Å². The summed E-state index contributed by atoms with van der Waals surface area (Å²) in [6.45, 7) is 11.7. The second-order valence-electron chi connectivity index (χ2n) is 8.46. The van der Waals surface area contributed by atoms with Gasteiger partial charge in [-0.15, -0.1) is 0 Å². The van der Waals surface area contributed by atoms with Gasteiger partial charge in [-0.05, 0) is 38.3 Å². The van der Waals surface area contributed by atoms with Crippen molar-refractivity contribution in [1.29, 1.82) is 0 Å². The van der Waals surface area contributed by atoms with Crippen LogP contribution in [0.3, 0.4) is 0 Å². The van der Waals surface area contributed by atoms with Gasteiger partial charge in [0.15, 0.2) is 0 Å².